The number of allylic oxidation sites excluding steroid dienone is 5. The molecule has 1 aliphatic carbocycles. The highest BCUT2D eigenvalue weighted by Gasteiger charge is 2.39. The minimum Gasteiger partial charge on any atom is -0.381 e. The summed E-state index contributed by atoms with van der Waals surface area (Å²) in [5.41, 5.74) is 1.47. The molecule has 2 fully saturated rings. The zero-order valence-corrected chi connectivity index (χ0v) is 18.1. The summed E-state index contributed by atoms with van der Waals surface area (Å²) >= 11 is 0. The Morgan fingerprint density at radius 3 is 2.39 bits per heavy atom. The van der Waals surface area contributed by atoms with Crippen molar-refractivity contribution in [3.05, 3.63) is 36.0 Å². The second kappa shape index (κ2) is 14.9. The van der Waals surface area contributed by atoms with E-state index < -0.39 is 6.43 Å². The third kappa shape index (κ3) is 10.5. The summed E-state index contributed by atoms with van der Waals surface area (Å²) in [4.78, 5) is 0. The molecule has 2 rings (SSSR count). The fourth-order valence-corrected chi connectivity index (χ4v) is 3.51. The van der Waals surface area contributed by atoms with Crippen LogP contribution in [0.2, 0.25) is 0 Å². The maximum atomic E-state index is 11.6. The van der Waals surface area contributed by atoms with Crippen LogP contribution in [-0.4, -0.2) is 44.8 Å². The van der Waals surface area contributed by atoms with Gasteiger partial charge in [0.25, 0.3) is 0 Å². The SMILES string of the molecule is C/C=C/C=C\C(=C/C)C1CC1NC1CCOCC1.CCC(CCC(F)F)NC. The molecule has 3 atom stereocenters. The highest BCUT2D eigenvalue weighted by molar-refractivity contribution is 5.30. The van der Waals surface area contributed by atoms with E-state index in [2.05, 4.69) is 47.9 Å². The molecule has 0 spiro atoms. The second-order valence-corrected chi connectivity index (χ2v) is 7.54. The van der Waals surface area contributed by atoms with E-state index >= 15 is 0 Å². The Balaban J connectivity index is 0.000000336. The van der Waals surface area contributed by atoms with Crippen LogP contribution in [0.15, 0.2) is 36.0 Å². The molecule has 2 N–H and O–H groups in total. The van der Waals surface area contributed by atoms with Gasteiger partial charge in [-0.25, -0.2) is 8.78 Å². The molecule has 5 heteroatoms. The van der Waals surface area contributed by atoms with Crippen molar-refractivity contribution in [3.8, 4) is 0 Å². The van der Waals surface area contributed by atoms with Crippen LogP contribution >= 0.6 is 0 Å². The molecule has 1 heterocycles. The molecule has 0 aromatic heterocycles. The van der Waals surface area contributed by atoms with Gasteiger partial charge in [0, 0.05) is 43.7 Å². The zero-order valence-electron chi connectivity index (χ0n) is 18.1. The topological polar surface area (TPSA) is 33.3 Å². The number of ether oxygens (including phenoxy) is 1. The largest absolute Gasteiger partial charge is 0.381 e. The molecule has 28 heavy (non-hydrogen) atoms. The van der Waals surface area contributed by atoms with Crippen molar-refractivity contribution in [1.29, 1.82) is 0 Å². The van der Waals surface area contributed by atoms with Crippen molar-refractivity contribution < 1.29 is 13.5 Å². The third-order valence-electron chi connectivity index (χ3n) is 5.45. The van der Waals surface area contributed by atoms with Crippen LogP contribution in [-0.2, 0) is 4.74 Å². The van der Waals surface area contributed by atoms with Gasteiger partial charge in [-0.15, -0.1) is 0 Å². The van der Waals surface area contributed by atoms with Gasteiger partial charge < -0.3 is 15.4 Å². The van der Waals surface area contributed by atoms with E-state index in [-0.39, 0.29) is 12.5 Å². The lowest BCUT2D eigenvalue weighted by atomic mass is 10.1. The number of hydrogen-bond donors (Lipinski definition) is 2. The van der Waals surface area contributed by atoms with Gasteiger partial charge in [0.1, 0.15) is 0 Å². The average molecular weight is 399 g/mol. The molecule has 162 valence electrons. The van der Waals surface area contributed by atoms with Crippen LogP contribution in [0.4, 0.5) is 8.78 Å². The first-order valence-electron chi connectivity index (χ1n) is 10.8. The Bertz CT molecular complexity index is 481. The van der Waals surface area contributed by atoms with Gasteiger partial charge >= 0.3 is 0 Å². The monoisotopic (exact) mass is 398 g/mol. The fraction of sp³-hybridized carbons (Fsp3) is 0.739. The zero-order chi connectivity index (χ0) is 20.8. The highest BCUT2D eigenvalue weighted by Crippen LogP contribution is 2.38. The van der Waals surface area contributed by atoms with E-state index in [1.54, 1.807) is 7.05 Å². The van der Waals surface area contributed by atoms with E-state index in [0.29, 0.717) is 18.5 Å². The standard InChI is InChI=1S/C16H25NO.C7H15F2N/c1-3-5-6-7-13(4-2)15-12-16(15)17-14-8-10-18-11-9-14;1-3-6(10-2)4-5-7(8)9/h3-7,14-17H,8-12H2,1-2H3;6-7,10H,3-5H2,1-2H3/b5-3+,7-6-,13-4+;. The number of alkyl halides is 2. The Hall–Kier alpha value is -1.04. The van der Waals surface area contributed by atoms with Gasteiger partial charge in [0.2, 0.25) is 6.43 Å². The fourth-order valence-electron chi connectivity index (χ4n) is 3.51. The molecule has 0 amide bonds. The van der Waals surface area contributed by atoms with Crippen LogP contribution in [0.3, 0.4) is 0 Å². The van der Waals surface area contributed by atoms with E-state index in [0.717, 1.165) is 25.6 Å². The van der Waals surface area contributed by atoms with Crippen molar-refractivity contribution in [1.82, 2.24) is 10.6 Å². The third-order valence-corrected chi connectivity index (χ3v) is 5.45. The van der Waals surface area contributed by atoms with E-state index in [9.17, 15) is 8.78 Å². The smallest absolute Gasteiger partial charge is 0.238 e. The Labute approximate surface area is 170 Å². The summed E-state index contributed by atoms with van der Waals surface area (Å²) in [5, 5.41) is 6.75. The van der Waals surface area contributed by atoms with Gasteiger partial charge in [-0.3, -0.25) is 0 Å². The van der Waals surface area contributed by atoms with Gasteiger partial charge in [0.15, 0.2) is 0 Å². The van der Waals surface area contributed by atoms with E-state index in [4.69, 9.17) is 4.74 Å². The molecule has 0 aromatic carbocycles. The lowest BCUT2D eigenvalue weighted by Gasteiger charge is -2.23. The Kier molecular flexibility index (Phi) is 13.3. The predicted octanol–water partition coefficient (Wildman–Crippen LogP) is 5.25. The average Bonchev–Trinajstić information content (AvgIpc) is 3.46. The van der Waals surface area contributed by atoms with Crippen LogP contribution in [0, 0.1) is 5.92 Å². The molecule has 0 bridgehead atoms. The first kappa shape index (κ1) is 25.0. The van der Waals surface area contributed by atoms with E-state index in [1.165, 1.54) is 24.8 Å². The van der Waals surface area contributed by atoms with Gasteiger partial charge in [0.05, 0.1) is 0 Å². The maximum Gasteiger partial charge on any atom is 0.238 e. The maximum absolute atomic E-state index is 11.6. The summed E-state index contributed by atoms with van der Waals surface area (Å²) < 4.78 is 28.7. The molecule has 0 aromatic rings. The van der Waals surface area contributed by atoms with Gasteiger partial charge in [-0.2, -0.15) is 0 Å². The quantitative estimate of drug-likeness (QED) is 0.493. The summed E-state index contributed by atoms with van der Waals surface area (Å²) in [6.45, 7) is 8.03. The molecule has 0 radical (unpaired) electrons. The van der Waals surface area contributed by atoms with Gasteiger partial charge in [-0.1, -0.05) is 37.3 Å². The second-order valence-electron chi connectivity index (χ2n) is 7.54. The molecule has 1 aliphatic heterocycles. The number of hydrogen-bond acceptors (Lipinski definition) is 3. The lowest BCUT2D eigenvalue weighted by molar-refractivity contribution is 0.0773. The van der Waals surface area contributed by atoms with Crippen molar-refractivity contribution >= 4 is 0 Å². The van der Waals surface area contributed by atoms with Crippen LogP contribution < -0.4 is 10.6 Å². The summed E-state index contributed by atoms with van der Waals surface area (Å²) in [5.74, 6) is 0.722. The summed E-state index contributed by atoms with van der Waals surface area (Å²) in [6, 6.07) is 1.62. The first-order valence-corrected chi connectivity index (χ1v) is 10.8. The van der Waals surface area contributed by atoms with Crippen molar-refractivity contribution in [2.24, 2.45) is 5.92 Å². The Morgan fingerprint density at radius 2 is 1.86 bits per heavy atom. The normalized spacial score (nSPS) is 24.6. The molecule has 2 aliphatic rings. The minimum atomic E-state index is -2.15. The Morgan fingerprint density at radius 1 is 1.14 bits per heavy atom. The number of rotatable bonds is 10. The minimum absolute atomic E-state index is 0.0132. The molecule has 1 saturated heterocycles. The molecule has 3 nitrogen and oxygen atoms in total. The van der Waals surface area contributed by atoms with Crippen LogP contribution in [0.25, 0.3) is 0 Å². The van der Waals surface area contributed by atoms with E-state index in [1.807, 2.05) is 13.8 Å². The highest BCUT2D eigenvalue weighted by atomic mass is 19.3. The molecule has 1 saturated carbocycles. The summed E-state index contributed by atoms with van der Waals surface area (Å²) in [6.07, 6.45) is 13.8. The molecular formula is C23H40F2N2O. The van der Waals surface area contributed by atoms with Crippen LogP contribution in [0.1, 0.15) is 59.3 Å². The summed E-state index contributed by atoms with van der Waals surface area (Å²) in [7, 11) is 1.81. The van der Waals surface area contributed by atoms with Crippen LogP contribution in [0.5, 0.6) is 0 Å². The predicted molar refractivity (Wildman–Crippen MR) is 115 cm³/mol. The lowest BCUT2D eigenvalue weighted by Crippen LogP contribution is -2.36. The molecular weight excluding hydrogens is 358 g/mol. The van der Waals surface area contributed by atoms with Gasteiger partial charge in [-0.05, 0) is 58.6 Å². The first-order chi connectivity index (χ1) is 13.5. The number of nitrogens with one attached hydrogen (secondary N) is 2. The molecule has 3 unspecified atom stereocenters. The van der Waals surface area contributed by atoms with Crippen molar-refractivity contribution in [2.45, 2.75) is 83.8 Å². The van der Waals surface area contributed by atoms with Crippen molar-refractivity contribution in [3.63, 3.8) is 0 Å². The van der Waals surface area contributed by atoms with Crippen molar-refractivity contribution in [2.75, 3.05) is 20.3 Å². The number of halogens is 2.